The number of hydrogen-bond acceptors (Lipinski definition) is 3. The van der Waals surface area contributed by atoms with Gasteiger partial charge in [0.25, 0.3) is 0 Å². The maximum atomic E-state index is 12.6. The molecule has 2 unspecified atom stereocenters. The standard InChI is InChI=1S/C14H24N2O2/c1-4-14(5-2)9-12(17)16(13(14)18)11-7-6-8-15-10(11)3/h10-11,15H,4-9H2,1-3H3. The molecule has 0 aromatic carbocycles. The molecule has 0 aromatic heterocycles. The molecule has 4 nitrogen and oxygen atoms in total. The third-order valence-electron chi connectivity index (χ3n) is 4.84. The zero-order valence-corrected chi connectivity index (χ0v) is 11.7. The highest BCUT2D eigenvalue weighted by atomic mass is 16.2. The monoisotopic (exact) mass is 252 g/mol. The lowest BCUT2D eigenvalue weighted by molar-refractivity contribution is -0.145. The first-order chi connectivity index (χ1) is 8.55. The molecule has 0 aromatic rings. The second-order valence-corrected chi connectivity index (χ2v) is 5.69. The topological polar surface area (TPSA) is 49.4 Å². The Balaban J connectivity index is 2.23. The Labute approximate surface area is 109 Å². The number of amides is 2. The van der Waals surface area contributed by atoms with Gasteiger partial charge in [-0.15, -0.1) is 0 Å². The van der Waals surface area contributed by atoms with Gasteiger partial charge in [-0.05, 0) is 39.2 Å². The SMILES string of the molecule is CCC1(CC)CC(=O)N(C2CCCNC2C)C1=O. The van der Waals surface area contributed by atoms with Crippen molar-refractivity contribution in [1.29, 1.82) is 0 Å². The lowest BCUT2D eigenvalue weighted by atomic mass is 9.81. The zero-order valence-electron chi connectivity index (χ0n) is 11.7. The van der Waals surface area contributed by atoms with Crippen LogP contribution in [-0.2, 0) is 9.59 Å². The Kier molecular flexibility index (Phi) is 3.76. The van der Waals surface area contributed by atoms with Crippen LogP contribution in [0.5, 0.6) is 0 Å². The molecule has 2 atom stereocenters. The summed E-state index contributed by atoms with van der Waals surface area (Å²) in [6.45, 7) is 7.09. The van der Waals surface area contributed by atoms with Crippen LogP contribution in [-0.4, -0.2) is 35.3 Å². The summed E-state index contributed by atoms with van der Waals surface area (Å²) in [5.41, 5.74) is -0.422. The largest absolute Gasteiger partial charge is 0.312 e. The van der Waals surface area contributed by atoms with Crippen LogP contribution in [0.25, 0.3) is 0 Å². The fraction of sp³-hybridized carbons (Fsp3) is 0.857. The summed E-state index contributed by atoms with van der Waals surface area (Å²) in [6.07, 6.45) is 3.91. The fourth-order valence-corrected chi connectivity index (χ4v) is 3.34. The van der Waals surface area contributed by atoms with Crippen LogP contribution in [0.4, 0.5) is 0 Å². The molecule has 2 saturated heterocycles. The van der Waals surface area contributed by atoms with Gasteiger partial charge in [-0.25, -0.2) is 0 Å². The van der Waals surface area contributed by atoms with Crippen molar-refractivity contribution in [1.82, 2.24) is 10.2 Å². The molecule has 0 saturated carbocycles. The molecule has 0 bridgehead atoms. The van der Waals surface area contributed by atoms with Gasteiger partial charge < -0.3 is 5.32 Å². The van der Waals surface area contributed by atoms with Gasteiger partial charge in [0.15, 0.2) is 0 Å². The van der Waals surface area contributed by atoms with E-state index in [1.807, 2.05) is 13.8 Å². The predicted octanol–water partition coefficient (Wildman–Crippen LogP) is 1.69. The third kappa shape index (κ3) is 1.96. The molecule has 0 radical (unpaired) electrons. The number of imide groups is 1. The average Bonchev–Trinajstić information content (AvgIpc) is 2.62. The fourth-order valence-electron chi connectivity index (χ4n) is 3.34. The number of likely N-dealkylation sites (tertiary alicyclic amines) is 1. The van der Waals surface area contributed by atoms with E-state index in [9.17, 15) is 9.59 Å². The highest BCUT2D eigenvalue weighted by Crippen LogP contribution is 2.41. The molecule has 2 rings (SSSR count). The van der Waals surface area contributed by atoms with Crippen molar-refractivity contribution in [3.8, 4) is 0 Å². The van der Waals surface area contributed by atoms with E-state index in [2.05, 4.69) is 12.2 Å². The van der Waals surface area contributed by atoms with Crippen LogP contribution in [0, 0.1) is 5.41 Å². The first-order valence-corrected chi connectivity index (χ1v) is 7.15. The summed E-state index contributed by atoms with van der Waals surface area (Å²) in [7, 11) is 0. The Morgan fingerprint density at radius 1 is 1.33 bits per heavy atom. The number of hydrogen-bond donors (Lipinski definition) is 1. The van der Waals surface area contributed by atoms with Crippen molar-refractivity contribution < 1.29 is 9.59 Å². The first kappa shape index (κ1) is 13.5. The molecular formula is C14H24N2O2. The van der Waals surface area contributed by atoms with E-state index in [0.717, 1.165) is 32.2 Å². The van der Waals surface area contributed by atoms with Gasteiger partial charge in [0, 0.05) is 12.5 Å². The van der Waals surface area contributed by atoms with E-state index >= 15 is 0 Å². The third-order valence-corrected chi connectivity index (χ3v) is 4.84. The van der Waals surface area contributed by atoms with E-state index in [1.54, 1.807) is 4.90 Å². The van der Waals surface area contributed by atoms with Crippen LogP contribution in [0.1, 0.15) is 52.9 Å². The predicted molar refractivity (Wildman–Crippen MR) is 70.0 cm³/mol. The molecule has 102 valence electrons. The van der Waals surface area contributed by atoms with Crippen molar-refractivity contribution >= 4 is 11.8 Å². The molecule has 2 amide bonds. The van der Waals surface area contributed by atoms with E-state index in [0.29, 0.717) is 6.42 Å². The van der Waals surface area contributed by atoms with Crippen molar-refractivity contribution in [3.05, 3.63) is 0 Å². The van der Waals surface area contributed by atoms with E-state index in [-0.39, 0.29) is 23.9 Å². The molecule has 2 aliphatic heterocycles. The minimum Gasteiger partial charge on any atom is -0.312 e. The number of carbonyl (C=O) groups excluding carboxylic acids is 2. The molecule has 2 fully saturated rings. The smallest absolute Gasteiger partial charge is 0.236 e. The summed E-state index contributed by atoms with van der Waals surface area (Å²) in [4.78, 5) is 26.4. The normalized spacial score (nSPS) is 32.1. The van der Waals surface area contributed by atoms with Gasteiger partial charge in [-0.2, -0.15) is 0 Å². The maximum absolute atomic E-state index is 12.6. The van der Waals surface area contributed by atoms with Crippen LogP contribution < -0.4 is 5.32 Å². The highest BCUT2D eigenvalue weighted by molar-refractivity contribution is 6.06. The molecule has 0 spiro atoms. The highest BCUT2D eigenvalue weighted by Gasteiger charge is 2.52. The Hall–Kier alpha value is -0.900. The van der Waals surface area contributed by atoms with Gasteiger partial charge >= 0.3 is 0 Å². The van der Waals surface area contributed by atoms with Crippen molar-refractivity contribution in [2.45, 2.75) is 65.0 Å². The van der Waals surface area contributed by atoms with Crippen LogP contribution in [0.3, 0.4) is 0 Å². The maximum Gasteiger partial charge on any atom is 0.236 e. The van der Waals surface area contributed by atoms with E-state index in [1.165, 1.54) is 0 Å². The van der Waals surface area contributed by atoms with Gasteiger partial charge in [0.2, 0.25) is 11.8 Å². The number of rotatable bonds is 3. The first-order valence-electron chi connectivity index (χ1n) is 7.15. The molecule has 4 heteroatoms. The average molecular weight is 252 g/mol. The lowest BCUT2D eigenvalue weighted by Crippen LogP contribution is -2.54. The second kappa shape index (κ2) is 5.00. The van der Waals surface area contributed by atoms with Crippen LogP contribution >= 0.6 is 0 Å². The number of carbonyl (C=O) groups is 2. The number of nitrogens with one attached hydrogen (secondary N) is 1. The Bertz CT molecular complexity index is 350. The van der Waals surface area contributed by atoms with Crippen molar-refractivity contribution in [3.63, 3.8) is 0 Å². The van der Waals surface area contributed by atoms with Crippen molar-refractivity contribution in [2.75, 3.05) is 6.54 Å². The van der Waals surface area contributed by atoms with Crippen LogP contribution in [0.15, 0.2) is 0 Å². The molecule has 1 N–H and O–H groups in total. The van der Waals surface area contributed by atoms with Gasteiger partial charge in [0.05, 0.1) is 11.5 Å². The zero-order chi connectivity index (χ0) is 13.3. The Morgan fingerprint density at radius 3 is 2.50 bits per heavy atom. The molecule has 2 heterocycles. The Morgan fingerprint density at radius 2 is 2.00 bits per heavy atom. The second-order valence-electron chi connectivity index (χ2n) is 5.69. The summed E-state index contributed by atoms with van der Waals surface area (Å²) in [6, 6.07) is 0.273. The molecule has 2 aliphatic rings. The molecule has 18 heavy (non-hydrogen) atoms. The summed E-state index contributed by atoms with van der Waals surface area (Å²) in [5, 5.41) is 3.37. The summed E-state index contributed by atoms with van der Waals surface area (Å²) >= 11 is 0. The number of nitrogens with zero attached hydrogens (tertiary/aromatic N) is 1. The van der Waals surface area contributed by atoms with E-state index in [4.69, 9.17) is 0 Å². The van der Waals surface area contributed by atoms with Gasteiger partial charge in [-0.1, -0.05) is 13.8 Å². The van der Waals surface area contributed by atoms with Gasteiger partial charge in [-0.3, -0.25) is 14.5 Å². The molecular weight excluding hydrogens is 228 g/mol. The quantitative estimate of drug-likeness (QED) is 0.778. The number of piperidine rings is 1. The minimum atomic E-state index is -0.422. The molecule has 0 aliphatic carbocycles. The van der Waals surface area contributed by atoms with Crippen molar-refractivity contribution in [2.24, 2.45) is 5.41 Å². The summed E-state index contributed by atoms with van der Waals surface area (Å²) in [5.74, 6) is 0.0994. The summed E-state index contributed by atoms with van der Waals surface area (Å²) < 4.78 is 0. The van der Waals surface area contributed by atoms with E-state index < -0.39 is 5.41 Å². The van der Waals surface area contributed by atoms with Crippen LogP contribution in [0.2, 0.25) is 0 Å². The van der Waals surface area contributed by atoms with Gasteiger partial charge in [0.1, 0.15) is 0 Å². The lowest BCUT2D eigenvalue weighted by Gasteiger charge is -2.36. The minimum absolute atomic E-state index is 0.0317.